The van der Waals surface area contributed by atoms with Gasteiger partial charge >= 0.3 is 0 Å². The van der Waals surface area contributed by atoms with Crippen LogP contribution in [0, 0.1) is 12.8 Å². The highest BCUT2D eigenvalue weighted by Crippen LogP contribution is 2.35. The fourth-order valence-electron chi connectivity index (χ4n) is 4.17. The fourth-order valence-corrected chi connectivity index (χ4v) is 5.17. The van der Waals surface area contributed by atoms with Crippen LogP contribution in [-0.4, -0.2) is 35.8 Å². The van der Waals surface area contributed by atoms with E-state index in [-0.39, 0.29) is 18.6 Å². The van der Waals surface area contributed by atoms with Crippen LogP contribution in [0.15, 0.2) is 64.8 Å². The molecule has 0 saturated carbocycles. The lowest BCUT2D eigenvalue weighted by molar-refractivity contribution is -0.125. The van der Waals surface area contributed by atoms with E-state index in [9.17, 15) is 4.79 Å². The summed E-state index contributed by atoms with van der Waals surface area (Å²) in [6.45, 7) is 4.29. The Morgan fingerprint density at radius 2 is 2.03 bits per heavy atom. The number of aromatic nitrogens is 2. The number of anilines is 1. The molecular weight excluding hydrogens is 436 g/mol. The summed E-state index contributed by atoms with van der Waals surface area (Å²) >= 11 is 1.61. The number of nitrogens with zero attached hydrogens (tertiary/aromatic N) is 3. The Morgan fingerprint density at radius 1 is 1.15 bits per heavy atom. The lowest BCUT2D eigenvalue weighted by atomic mass is 9.97. The fraction of sp³-hybridized carbons (Fsp3) is 0.320. The van der Waals surface area contributed by atoms with Gasteiger partial charge in [-0.3, -0.25) is 4.79 Å². The standard InChI is InChI=1S/C25H26N4O3S/c1-17-4-2-6-20(12-17)33-25-23(26-9-10-27-25)29-11-3-5-19(15-29)24(30)28-14-18-7-8-21-22(13-18)32-16-31-21/h2,4,6-10,12-13,19H,3,5,11,14-16H2,1H3,(H,28,30)/t19-/m1/s1. The SMILES string of the molecule is Cc1cccc(Sc2nccnc2N2CCC[C@@H](C(=O)NCc3ccc4c(c3)OCO4)C2)c1. The average molecular weight is 463 g/mol. The molecule has 1 aromatic heterocycles. The molecule has 1 fully saturated rings. The lowest BCUT2D eigenvalue weighted by Crippen LogP contribution is -2.43. The van der Waals surface area contributed by atoms with Crippen molar-refractivity contribution in [3.05, 3.63) is 66.0 Å². The number of hydrogen-bond acceptors (Lipinski definition) is 7. The monoisotopic (exact) mass is 462 g/mol. The highest BCUT2D eigenvalue weighted by atomic mass is 32.2. The van der Waals surface area contributed by atoms with E-state index >= 15 is 0 Å². The van der Waals surface area contributed by atoms with Gasteiger partial charge in [-0.25, -0.2) is 9.97 Å². The number of ether oxygens (including phenoxy) is 2. The van der Waals surface area contributed by atoms with Crippen LogP contribution >= 0.6 is 11.8 Å². The topological polar surface area (TPSA) is 76.6 Å². The van der Waals surface area contributed by atoms with Crippen molar-refractivity contribution in [1.29, 1.82) is 0 Å². The molecule has 2 aliphatic heterocycles. The van der Waals surface area contributed by atoms with E-state index in [0.717, 1.165) is 52.2 Å². The van der Waals surface area contributed by atoms with Gasteiger partial charge in [0.1, 0.15) is 5.03 Å². The molecule has 1 N–H and O–H groups in total. The van der Waals surface area contributed by atoms with Crippen LogP contribution in [0.25, 0.3) is 0 Å². The molecule has 1 atom stereocenters. The highest BCUT2D eigenvalue weighted by molar-refractivity contribution is 7.99. The van der Waals surface area contributed by atoms with Gasteiger partial charge in [0, 0.05) is 36.9 Å². The van der Waals surface area contributed by atoms with E-state index in [4.69, 9.17) is 9.47 Å². The average Bonchev–Trinajstić information content (AvgIpc) is 3.31. The smallest absolute Gasteiger partial charge is 0.231 e. The molecule has 0 radical (unpaired) electrons. The number of benzene rings is 2. The second-order valence-corrected chi connectivity index (χ2v) is 9.36. The zero-order chi connectivity index (χ0) is 22.6. The van der Waals surface area contributed by atoms with Crippen molar-refractivity contribution in [3.8, 4) is 11.5 Å². The molecule has 0 bridgehead atoms. The molecule has 0 unspecified atom stereocenters. The minimum Gasteiger partial charge on any atom is -0.454 e. The molecule has 2 aromatic carbocycles. The van der Waals surface area contributed by atoms with Crippen molar-refractivity contribution >= 4 is 23.5 Å². The third-order valence-electron chi connectivity index (χ3n) is 5.85. The number of carbonyl (C=O) groups excluding carboxylic acids is 1. The van der Waals surface area contributed by atoms with Crippen molar-refractivity contribution < 1.29 is 14.3 Å². The van der Waals surface area contributed by atoms with E-state index in [1.54, 1.807) is 24.2 Å². The zero-order valence-corrected chi connectivity index (χ0v) is 19.3. The first-order chi connectivity index (χ1) is 16.2. The maximum atomic E-state index is 13.0. The van der Waals surface area contributed by atoms with E-state index in [1.807, 2.05) is 18.2 Å². The maximum absolute atomic E-state index is 13.0. The summed E-state index contributed by atoms with van der Waals surface area (Å²) in [6, 6.07) is 14.1. The second-order valence-electron chi connectivity index (χ2n) is 8.29. The molecule has 33 heavy (non-hydrogen) atoms. The van der Waals surface area contributed by atoms with Crippen LogP contribution in [0.5, 0.6) is 11.5 Å². The summed E-state index contributed by atoms with van der Waals surface area (Å²) in [4.78, 5) is 25.5. The Kier molecular flexibility index (Phi) is 6.35. The van der Waals surface area contributed by atoms with Crippen LogP contribution < -0.4 is 19.7 Å². The van der Waals surface area contributed by atoms with Crippen LogP contribution in [0.1, 0.15) is 24.0 Å². The van der Waals surface area contributed by atoms with Crippen LogP contribution in [0.2, 0.25) is 0 Å². The van der Waals surface area contributed by atoms with E-state index in [0.29, 0.717) is 13.1 Å². The van der Waals surface area contributed by atoms with Crippen LogP contribution in [-0.2, 0) is 11.3 Å². The van der Waals surface area contributed by atoms with E-state index < -0.39 is 0 Å². The zero-order valence-electron chi connectivity index (χ0n) is 18.5. The molecule has 1 saturated heterocycles. The molecule has 5 rings (SSSR count). The van der Waals surface area contributed by atoms with Gasteiger partial charge in [0.05, 0.1) is 5.92 Å². The highest BCUT2D eigenvalue weighted by Gasteiger charge is 2.28. The Morgan fingerprint density at radius 3 is 2.94 bits per heavy atom. The lowest BCUT2D eigenvalue weighted by Gasteiger charge is -2.33. The van der Waals surface area contributed by atoms with Crippen LogP contribution in [0.3, 0.4) is 0 Å². The molecule has 3 heterocycles. The Balaban J connectivity index is 1.24. The minimum absolute atomic E-state index is 0.0640. The number of carbonyl (C=O) groups is 1. The number of hydrogen-bond donors (Lipinski definition) is 1. The van der Waals surface area contributed by atoms with Gasteiger partial charge in [-0.05, 0) is 49.6 Å². The minimum atomic E-state index is -0.0911. The third-order valence-corrected chi connectivity index (χ3v) is 6.82. The van der Waals surface area contributed by atoms with Crippen molar-refractivity contribution in [2.75, 3.05) is 24.8 Å². The first-order valence-electron chi connectivity index (χ1n) is 11.1. The van der Waals surface area contributed by atoms with E-state index in [2.05, 4.69) is 51.4 Å². The van der Waals surface area contributed by atoms with Gasteiger partial charge in [-0.15, -0.1) is 0 Å². The van der Waals surface area contributed by atoms with Crippen molar-refractivity contribution in [2.24, 2.45) is 5.92 Å². The van der Waals surface area contributed by atoms with Crippen molar-refractivity contribution in [2.45, 2.75) is 36.2 Å². The summed E-state index contributed by atoms with van der Waals surface area (Å²) in [7, 11) is 0. The van der Waals surface area contributed by atoms with Crippen LogP contribution in [0.4, 0.5) is 5.82 Å². The first kappa shape index (κ1) is 21.6. The summed E-state index contributed by atoms with van der Waals surface area (Å²) < 4.78 is 10.8. The van der Waals surface area contributed by atoms with Crippen molar-refractivity contribution in [3.63, 3.8) is 0 Å². The molecule has 0 aliphatic carbocycles. The second kappa shape index (κ2) is 9.70. The largest absolute Gasteiger partial charge is 0.454 e. The summed E-state index contributed by atoms with van der Waals surface area (Å²) in [5.41, 5.74) is 2.20. The summed E-state index contributed by atoms with van der Waals surface area (Å²) in [5, 5.41) is 3.95. The molecule has 3 aromatic rings. The van der Waals surface area contributed by atoms with Gasteiger partial charge in [-0.1, -0.05) is 35.5 Å². The number of fused-ring (bicyclic) bond motifs is 1. The quantitative estimate of drug-likeness (QED) is 0.588. The summed E-state index contributed by atoms with van der Waals surface area (Å²) in [5.74, 6) is 2.29. The number of aryl methyl sites for hydroxylation is 1. The van der Waals surface area contributed by atoms with Gasteiger partial charge in [0.2, 0.25) is 12.7 Å². The molecule has 2 aliphatic rings. The van der Waals surface area contributed by atoms with E-state index in [1.165, 1.54) is 5.56 Å². The first-order valence-corrected chi connectivity index (χ1v) is 11.9. The van der Waals surface area contributed by atoms with Gasteiger partial charge in [-0.2, -0.15) is 0 Å². The van der Waals surface area contributed by atoms with Gasteiger partial charge in [0.25, 0.3) is 0 Å². The third kappa shape index (κ3) is 5.06. The van der Waals surface area contributed by atoms with Gasteiger partial charge < -0.3 is 19.7 Å². The molecule has 7 nitrogen and oxygen atoms in total. The molecular formula is C25H26N4O3S. The molecule has 170 valence electrons. The molecule has 0 spiro atoms. The molecule has 1 amide bonds. The number of piperidine rings is 1. The Labute approximate surface area is 197 Å². The predicted molar refractivity (Wildman–Crippen MR) is 127 cm³/mol. The summed E-state index contributed by atoms with van der Waals surface area (Å²) in [6.07, 6.45) is 5.25. The van der Waals surface area contributed by atoms with Gasteiger partial charge in [0.15, 0.2) is 17.3 Å². The number of rotatable bonds is 6. The maximum Gasteiger partial charge on any atom is 0.231 e. The predicted octanol–water partition coefficient (Wildman–Crippen LogP) is 4.20. The number of amides is 1. The number of nitrogens with one attached hydrogen (secondary N) is 1. The Hall–Kier alpha value is -3.26. The molecule has 8 heteroatoms. The van der Waals surface area contributed by atoms with Crippen molar-refractivity contribution in [1.82, 2.24) is 15.3 Å². The normalized spacial score (nSPS) is 17.1. The Bertz CT molecular complexity index is 1160.